The van der Waals surface area contributed by atoms with Gasteiger partial charge in [-0.15, -0.1) is 0 Å². The second kappa shape index (κ2) is 9.82. The Morgan fingerprint density at radius 2 is 1.27 bits per heavy atom. The number of hydrogen-bond donors (Lipinski definition) is 1. The van der Waals surface area contributed by atoms with Crippen molar-refractivity contribution in [2.45, 2.75) is 6.17 Å². The van der Waals surface area contributed by atoms with Crippen LogP contribution in [0.15, 0.2) is 160 Å². The van der Waals surface area contributed by atoms with Crippen LogP contribution >= 0.6 is 0 Å². The first-order chi connectivity index (χ1) is 21.8. The molecule has 0 amide bonds. The van der Waals surface area contributed by atoms with Gasteiger partial charge in [0.1, 0.15) is 23.2 Å². The third kappa shape index (κ3) is 3.87. The van der Waals surface area contributed by atoms with Crippen molar-refractivity contribution in [1.29, 1.82) is 0 Å². The van der Waals surface area contributed by atoms with Gasteiger partial charge in [-0.3, -0.25) is 0 Å². The Labute approximate surface area is 253 Å². The lowest BCUT2D eigenvalue weighted by Gasteiger charge is -2.23. The Kier molecular flexibility index (Phi) is 5.50. The molecule has 0 saturated heterocycles. The minimum Gasteiger partial charge on any atom is -0.455 e. The lowest BCUT2D eigenvalue weighted by Crippen LogP contribution is -2.33. The lowest BCUT2D eigenvalue weighted by molar-refractivity contribution is 0.673. The summed E-state index contributed by atoms with van der Waals surface area (Å²) < 4.78 is 8.79. The first-order valence-electron chi connectivity index (χ1n) is 14.8. The molecule has 0 spiro atoms. The monoisotopic (exact) mass is 566 g/mol. The quantitative estimate of drug-likeness (QED) is 0.231. The van der Waals surface area contributed by atoms with Crippen LogP contribution in [0.2, 0.25) is 0 Å². The van der Waals surface area contributed by atoms with Gasteiger partial charge in [0.25, 0.3) is 0 Å². The van der Waals surface area contributed by atoms with E-state index in [4.69, 9.17) is 14.4 Å². The molecule has 8 aromatic rings. The largest absolute Gasteiger partial charge is 0.455 e. The van der Waals surface area contributed by atoms with Gasteiger partial charge < -0.3 is 14.3 Å². The standard InChI is InChI=1S/C39H26N4O/c1-3-11-25(12-4-1)37-40-38(26-13-5-2-6-14-26)42-39(41-37)27-19-21-28(22-20-27)43-32-17-9-7-16-31(32)35-33(43)24-23-30-29-15-8-10-18-34(29)44-36(30)35/h1-24,37H,(H,40,41,42). The zero-order valence-electron chi connectivity index (χ0n) is 23.7. The van der Waals surface area contributed by atoms with Gasteiger partial charge in [0.15, 0.2) is 5.84 Å². The number of rotatable bonds is 4. The van der Waals surface area contributed by atoms with Gasteiger partial charge in [-0.2, -0.15) is 0 Å². The topological polar surface area (TPSA) is 54.8 Å². The van der Waals surface area contributed by atoms with Crippen LogP contribution in [-0.2, 0) is 0 Å². The van der Waals surface area contributed by atoms with Crippen molar-refractivity contribution in [2.24, 2.45) is 9.98 Å². The van der Waals surface area contributed by atoms with Gasteiger partial charge in [0.2, 0.25) is 0 Å². The number of benzene rings is 6. The molecule has 1 atom stereocenters. The Morgan fingerprint density at radius 3 is 2.09 bits per heavy atom. The van der Waals surface area contributed by atoms with Crippen molar-refractivity contribution < 1.29 is 4.42 Å². The molecular formula is C39H26N4O. The summed E-state index contributed by atoms with van der Waals surface area (Å²) in [6, 6.07) is 50.3. The van der Waals surface area contributed by atoms with Gasteiger partial charge in [-0.25, -0.2) is 9.98 Å². The van der Waals surface area contributed by atoms with Crippen LogP contribution in [0.5, 0.6) is 0 Å². The van der Waals surface area contributed by atoms with Crippen molar-refractivity contribution in [3.8, 4) is 5.69 Å². The fourth-order valence-electron chi connectivity index (χ4n) is 6.40. The fourth-order valence-corrected chi connectivity index (χ4v) is 6.40. The highest BCUT2D eigenvalue weighted by Gasteiger charge is 2.22. The van der Waals surface area contributed by atoms with E-state index in [1.54, 1.807) is 0 Å². The third-order valence-corrected chi connectivity index (χ3v) is 8.47. The van der Waals surface area contributed by atoms with Crippen molar-refractivity contribution >= 4 is 55.4 Å². The summed E-state index contributed by atoms with van der Waals surface area (Å²) in [5.74, 6) is 1.51. The molecule has 0 radical (unpaired) electrons. The van der Waals surface area contributed by atoms with Crippen LogP contribution in [-0.4, -0.2) is 16.2 Å². The van der Waals surface area contributed by atoms with E-state index >= 15 is 0 Å². The number of fused-ring (bicyclic) bond motifs is 7. The molecule has 1 aliphatic heterocycles. The summed E-state index contributed by atoms with van der Waals surface area (Å²) in [6.07, 6.45) is -0.234. The van der Waals surface area contributed by atoms with Gasteiger partial charge in [-0.1, -0.05) is 97.1 Å². The van der Waals surface area contributed by atoms with E-state index in [-0.39, 0.29) is 6.17 Å². The third-order valence-electron chi connectivity index (χ3n) is 8.47. The summed E-state index contributed by atoms with van der Waals surface area (Å²) in [4.78, 5) is 9.95. The maximum Gasteiger partial charge on any atom is 0.159 e. The molecule has 2 aromatic heterocycles. The Balaban J connectivity index is 1.17. The van der Waals surface area contributed by atoms with E-state index in [0.717, 1.165) is 72.4 Å². The zero-order valence-corrected chi connectivity index (χ0v) is 23.7. The summed E-state index contributed by atoms with van der Waals surface area (Å²) in [6.45, 7) is 0. The predicted molar refractivity (Wildman–Crippen MR) is 180 cm³/mol. The highest BCUT2D eigenvalue weighted by Crippen LogP contribution is 2.40. The fraction of sp³-hybridized carbons (Fsp3) is 0.0256. The van der Waals surface area contributed by atoms with Crippen LogP contribution in [0.25, 0.3) is 49.4 Å². The molecule has 1 aliphatic rings. The molecule has 0 aliphatic carbocycles. The van der Waals surface area contributed by atoms with E-state index in [2.05, 4.69) is 107 Å². The van der Waals surface area contributed by atoms with Gasteiger partial charge in [-0.05, 0) is 54.1 Å². The molecule has 1 N–H and O–H groups in total. The number of furan rings is 1. The Morgan fingerprint density at radius 1 is 0.568 bits per heavy atom. The number of nitrogens with zero attached hydrogens (tertiary/aromatic N) is 3. The van der Waals surface area contributed by atoms with Gasteiger partial charge in [0, 0.05) is 33.0 Å². The minimum atomic E-state index is -0.234. The molecule has 5 nitrogen and oxygen atoms in total. The van der Waals surface area contributed by atoms with Gasteiger partial charge >= 0.3 is 0 Å². The molecule has 208 valence electrons. The summed E-state index contributed by atoms with van der Waals surface area (Å²) in [7, 11) is 0. The normalized spacial score (nSPS) is 15.0. The average Bonchev–Trinajstić information content (AvgIpc) is 3.65. The minimum absolute atomic E-state index is 0.234. The van der Waals surface area contributed by atoms with E-state index in [1.165, 1.54) is 5.39 Å². The van der Waals surface area contributed by atoms with Crippen LogP contribution in [0.4, 0.5) is 0 Å². The Bertz CT molecular complexity index is 2400. The smallest absolute Gasteiger partial charge is 0.159 e. The molecule has 0 saturated carbocycles. The van der Waals surface area contributed by atoms with Crippen LogP contribution in [0.3, 0.4) is 0 Å². The molecule has 6 aromatic carbocycles. The molecule has 0 bridgehead atoms. The molecular weight excluding hydrogens is 540 g/mol. The summed E-state index contributed by atoms with van der Waals surface area (Å²) >= 11 is 0. The highest BCUT2D eigenvalue weighted by atomic mass is 16.3. The van der Waals surface area contributed by atoms with Crippen LogP contribution in [0, 0.1) is 0 Å². The first kappa shape index (κ1) is 24.6. The van der Waals surface area contributed by atoms with E-state index in [9.17, 15) is 0 Å². The van der Waals surface area contributed by atoms with Crippen molar-refractivity contribution in [3.05, 3.63) is 162 Å². The molecule has 3 heterocycles. The second-order valence-corrected chi connectivity index (χ2v) is 11.1. The molecule has 9 rings (SSSR count). The maximum absolute atomic E-state index is 6.47. The number of amidine groups is 2. The number of nitrogens with one attached hydrogen (secondary N) is 1. The molecule has 44 heavy (non-hydrogen) atoms. The van der Waals surface area contributed by atoms with Crippen molar-refractivity contribution in [1.82, 2.24) is 9.88 Å². The van der Waals surface area contributed by atoms with Gasteiger partial charge in [0.05, 0.1) is 16.4 Å². The summed E-state index contributed by atoms with van der Waals surface area (Å²) in [5, 5.41) is 8.15. The zero-order chi connectivity index (χ0) is 29.0. The highest BCUT2D eigenvalue weighted by molar-refractivity contribution is 6.23. The average molecular weight is 567 g/mol. The van der Waals surface area contributed by atoms with E-state index in [1.807, 2.05) is 48.5 Å². The number of aliphatic imine (C=N–C) groups is 2. The number of para-hydroxylation sites is 2. The molecule has 1 unspecified atom stereocenters. The second-order valence-electron chi connectivity index (χ2n) is 11.1. The maximum atomic E-state index is 6.47. The van der Waals surface area contributed by atoms with Crippen molar-refractivity contribution in [3.63, 3.8) is 0 Å². The number of aromatic nitrogens is 1. The van der Waals surface area contributed by atoms with Crippen molar-refractivity contribution in [2.75, 3.05) is 0 Å². The summed E-state index contributed by atoms with van der Waals surface area (Å²) in [5.41, 5.74) is 8.24. The molecule has 0 fully saturated rings. The van der Waals surface area contributed by atoms with Crippen LogP contribution < -0.4 is 5.32 Å². The first-order valence-corrected chi connectivity index (χ1v) is 14.8. The lowest BCUT2D eigenvalue weighted by atomic mass is 10.1. The van der Waals surface area contributed by atoms with E-state index < -0.39 is 0 Å². The van der Waals surface area contributed by atoms with Crippen LogP contribution in [0.1, 0.15) is 22.9 Å². The predicted octanol–water partition coefficient (Wildman–Crippen LogP) is 9.18. The van der Waals surface area contributed by atoms with E-state index in [0.29, 0.717) is 0 Å². The Hall–Kier alpha value is -5.94. The SMILES string of the molecule is c1ccc(C2=NC(c3ccccc3)NC(c3ccc(-n4c5ccccc5c5c6oc7ccccc7c6ccc54)cc3)=N2)cc1. The number of hydrogen-bond acceptors (Lipinski definition) is 4. The molecule has 5 heteroatoms.